The first-order valence-corrected chi connectivity index (χ1v) is 4.49. The average molecular weight is 205 g/mol. The molecule has 0 aliphatic carbocycles. The van der Waals surface area contributed by atoms with Gasteiger partial charge < -0.3 is 9.84 Å². The molecular weight excluding hydrogens is 194 g/mol. The van der Waals surface area contributed by atoms with E-state index in [1.165, 1.54) is 6.92 Å². The number of nitriles is 1. The second-order valence-corrected chi connectivity index (χ2v) is 3.08. The molecule has 0 heterocycles. The number of aliphatic carboxylic acids is 1. The Labute approximate surface area is 87.7 Å². The molecule has 78 valence electrons. The topological polar surface area (TPSA) is 70.3 Å². The van der Waals surface area contributed by atoms with E-state index in [-0.39, 0.29) is 0 Å². The van der Waals surface area contributed by atoms with Gasteiger partial charge in [-0.05, 0) is 24.6 Å². The number of ether oxygens (including phenoxy) is 1. The summed E-state index contributed by atoms with van der Waals surface area (Å²) in [6.07, 6.45) is -0.527. The van der Waals surface area contributed by atoms with E-state index in [0.29, 0.717) is 12.2 Å². The fourth-order valence-corrected chi connectivity index (χ4v) is 1.03. The van der Waals surface area contributed by atoms with Crippen LogP contribution in [-0.4, -0.2) is 17.2 Å². The zero-order valence-corrected chi connectivity index (χ0v) is 8.30. The highest BCUT2D eigenvalue weighted by atomic mass is 16.5. The molecule has 0 bridgehead atoms. The lowest BCUT2D eigenvalue weighted by Crippen LogP contribution is -2.22. The van der Waals surface area contributed by atoms with Crippen LogP contribution >= 0.6 is 0 Å². The molecule has 1 atom stereocenters. The molecule has 0 aliphatic heterocycles. The molecule has 0 saturated carbocycles. The van der Waals surface area contributed by atoms with Crippen LogP contribution in [-0.2, 0) is 11.2 Å². The molecule has 0 amide bonds. The van der Waals surface area contributed by atoms with Crippen LogP contribution < -0.4 is 4.74 Å². The van der Waals surface area contributed by atoms with E-state index in [9.17, 15) is 4.79 Å². The Hall–Kier alpha value is -2.02. The Morgan fingerprint density at radius 2 is 2.13 bits per heavy atom. The van der Waals surface area contributed by atoms with Crippen LogP contribution in [0.2, 0.25) is 0 Å². The third-order valence-electron chi connectivity index (χ3n) is 1.87. The molecule has 1 rings (SSSR count). The van der Waals surface area contributed by atoms with Crippen molar-refractivity contribution in [2.45, 2.75) is 19.4 Å². The summed E-state index contributed by atoms with van der Waals surface area (Å²) in [7, 11) is 0. The van der Waals surface area contributed by atoms with Crippen molar-refractivity contribution in [3.8, 4) is 11.8 Å². The van der Waals surface area contributed by atoms with Crippen molar-refractivity contribution in [2.24, 2.45) is 0 Å². The molecule has 1 aromatic rings. The van der Waals surface area contributed by atoms with Gasteiger partial charge in [0.1, 0.15) is 5.75 Å². The SMILES string of the molecule is C[C@@H](Oc1ccc(CC#N)cc1)C(=O)O. The van der Waals surface area contributed by atoms with Gasteiger partial charge in [-0.3, -0.25) is 0 Å². The van der Waals surface area contributed by atoms with E-state index in [1.54, 1.807) is 24.3 Å². The van der Waals surface area contributed by atoms with Crippen molar-refractivity contribution in [1.82, 2.24) is 0 Å². The van der Waals surface area contributed by atoms with Crippen LogP contribution in [0.3, 0.4) is 0 Å². The van der Waals surface area contributed by atoms with Crippen LogP contribution in [0.4, 0.5) is 0 Å². The maximum absolute atomic E-state index is 10.5. The molecule has 0 aromatic heterocycles. The Morgan fingerprint density at radius 1 is 1.53 bits per heavy atom. The predicted molar refractivity (Wildman–Crippen MR) is 53.5 cm³/mol. The number of rotatable bonds is 4. The Kier molecular flexibility index (Phi) is 3.69. The van der Waals surface area contributed by atoms with Crippen molar-refractivity contribution < 1.29 is 14.6 Å². The fourth-order valence-electron chi connectivity index (χ4n) is 1.03. The number of carbonyl (C=O) groups is 1. The summed E-state index contributed by atoms with van der Waals surface area (Å²) in [5, 5.41) is 17.1. The van der Waals surface area contributed by atoms with Gasteiger partial charge in [0.25, 0.3) is 0 Å². The van der Waals surface area contributed by atoms with Crippen LogP contribution in [0, 0.1) is 11.3 Å². The molecule has 0 fully saturated rings. The van der Waals surface area contributed by atoms with Crippen molar-refractivity contribution in [2.75, 3.05) is 0 Å². The first kappa shape index (κ1) is 11.1. The summed E-state index contributed by atoms with van der Waals surface area (Å²) in [5.41, 5.74) is 0.882. The van der Waals surface area contributed by atoms with Crippen molar-refractivity contribution >= 4 is 5.97 Å². The molecule has 0 spiro atoms. The number of benzene rings is 1. The third-order valence-corrected chi connectivity index (χ3v) is 1.87. The first-order valence-electron chi connectivity index (χ1n) is 4.49. The van der Waals surface area contributed by atoms with E-state index >= 15 is 0 Å². The van der Waals surface area contributed by atoms with Gasteiger partial charge in [-0.2, -0.15) is 5.26 Å². The number of carboxylic acid groups (broad SMARTS) is 1. The van der Waals surface area contributed by atoms with E-state index in [4.69, 9.17) is 15.1 Å². The molecule has 1 N–H and O–H groups in total. The second kappa shape index (κ2) is 5.01. The van der Waals surface area contributed by atoms with Gasteiger partial charge in [0.05, 0.1) is 12.5 Å². The number of hydrogen-bond donors (Lipinski definition) is 1. The molecule has 4 heteroatoms. The highest BCUT2D eigenvalue weighted by Gasteiger charge is 2.11. The van der Waals surface area contributed by atoms with Crippen LogP contribution in [0.1, 0.15) is 12.5 Å². The highest BCUT2D eigenvalue weighted by Crippen LogP contribution is 2.14. The van der Waals surface area contributed by atoms with Crippen molar-refractivity contribution in [1.29, 1.82) is 5.26 Å². The minimum atomic E-state index is -1.00. The molecule has 0 aliphatic rings. The summed E-state index contributed by atoms with van der Waals surface area (Å²) >= 11 is 0. The maximum Gasteiger partial charge on any atom is 0.344 e. The lowest BCUT2D eigenvalue weighted by molar-refractivity contribution is -0.144. The molecule has 0 unspecified atom stereocenters. The summed E-state index contributed by atoms with van der Waals surface area (Å²) in [6, 6.07) is 8.83. The normalized spacial score (nSPS) is 11.5. The van der Waals surface area contributed by atoms with E-state index < -0.39 is 12.1 Å². The Morgan fingerprint density at radius 3 is 2.60 bits per heavy atom. The van der Waals surface area contributed by atoms with E-state index in [2.05, 4.69) is 0 Å². The van der Waals surface area contributed by atoms with Gasteiger partial charge >= 0.3 is 5.97 Å². The van der Waals surface area contributed by atoms with E-state index in [1.807, 2.05) is 6.07 Å². The standard InChI is InChI=1S/C11H11NO3/c1-8(11(13)14)15-10-4-2-9(3-5-10)6-7-12/h2-5,8H,6H2,1H3,(H,13,14)/t8-/m1/s1. The van der Waals surface area contributed by atoms with Gasteiger partial charge in [0.2, 0.25) is 0 Å². The number of nitrogens with zero attached hydrogens (tertiary/aromatic N) is 1. The van der Waals surface area contributed by atoms with Gasteiger partial charge in [-0.15, -0.1) is 0 Å². The minimum absolute atomic E-state index is 0.342. The maximum atomic E-state index is 10.5. The van der Waals surface area contributed by atoms with Crippen LogP contribution in [0.25, 0.3) is 0 Å². The zero-order valence-electron chi connectivity index (χ0n) is 8.30. The van der Waals surface area contributed by atoms with Gasteiger partial charge in [0.15, 0.2) is 6.10 Å². The molecule has 0 radical (unpaired) electrons. The smallest absolute Gasteiger partial charge is 0.344 e. The number of carboxylic acids is 1. The Balaban J connectivity index is 2.65. The molecular formula is C11H11NO3. The fraction of sp³-hybridized carbons (Fsp3) is 0.273. The van der Waals surface area contributed by atoms with Gasteiger partial charge in [-0.25, -0.2) is 4.79 Å². The monoisotopic (exact) mass is 205 g/mol. The van der Waals surface area contributed by atoms with Crippen molar-refractivity contribution in [3.63, 3.8) is 0 Å². The summed E-state index contributed by atoms with van der Waals surface area (Å²) in [6.45, 7) is 1.46. The highest BCUT2D eigenvalue weighted by molar-refractivity contribution is 5.72. The van der Waals surface area contributed by atoms with Gasteiger partial charge in [0, 0.05) is 0 Å². The zero-order chi connectivity index (χ0) is 11.3. The lowest BCUT2D eigenvalue weighted by Gasteiger charge is -2.10. The first-order chi connectivity index (χ1) is 7.13. The van der Waals surface area contributed by atoms with Crippen molar-refractivity contribution in [3.05, 3.63) is 29.8 Å². The predicted octanol–water partition coefficient (Wildman–Crippen LogP) is 1.60. The van der Waals surface area contributed by atoms with Gasteiger partial charge in [-0.1, -0.05) is 12.1 Å². The molecule has 4 nitrogen and oxygen atoms in total. The van der Waals surface area contributed by atoms with Crippen LogP contribution in [0.15, 0.2) is 24.3 Å². The average Bonchev–Trinajstić information content (AvgIpc) is 2.21. The third kappa shape index (κ3) is 3.31. The summed E-state index contributed by atoms with van der Waals surface area (Å²) < 4.78 is 5.13. The second-order valence-electron chi connectivity index (χ2n) is 3.08. The summed E-state index contributed by atoms with van der Waals surface area (Å²) in [5.74, 6) is -0.511. The largest absolute Gasteiger partial charge is 0.479 e. The van der Waals surface area contributed by atoms with E-state index in [0.717, 1.165) is 5.56 Å². The molecule has 0 saturated heterocycles. The molecule has 15 heavy (non-hydrogen) atoms. The number of hydrogen-bond acceptors (Lipinski definition) is 3. The Bertz CT molecular complexity index is 378. The minimum Gasteiger partial charge on any atom is -0.479 e. The van der Waals surface area contributed by atoms with Crippen LogP contribution in [0.5, 0.6) is 5.75 Å². The lowest BCUT2D eigenvalue weighted by atomic mass is 10.2. The molecule has 1 aromatic carbocycles. The quantitative estimate of drug-likeness (QED) is 0.810. The summed E-state index contributed by atoms with van der Waals surface area (Å²) in [4.78, 5) is 10.5.